The molecule has 4 atom stereocenters. The van der Waals surface area contributed by atoms with Gasteiger partial charge in [-0.05, 0) is 43.7 Å². The van der Waals surface area contributed by atoms with Crippen molar-refractivity contribution < 1.29 is 29.4 Å². The molecule has 0 bridgehead atoms. The average molecular weight is 537 g/mol. The molecule has 3 amide bonds. The number of fused-ring (bicyclic) bond motifs is 2. The molecular formula is C25H24N6O6S. The van der Waals surface area contributed by atoms with Gasteiger partial charge in [-0.25, -0.2) is 4.79 Å². The van der Waals surface area contributed by atoms with E-state index in [1.807, 2.05) is 0 Å². The van der Waals surface area contributed by atoms with Crippen LogP contribution in [0.5, 0.6) is 5.75 Å². The zero-order chi connectivity index (χ0) is 27.4. The van der Waals surface area contributed by atoms with Crippen LogP contribution in [0.4, 0.5) is 5.69 Å². The van der Waals surface area contributed by atoms with Gasteiger partial charge in [-0.2, -0.15) is 0 Å². The van der Waals surface area contributed by atoms with Crippen molar-refractivity contribution in [1.29, 1.82) is 0 Å². The summed E-state index contributed by atoms with van der Waals surface area (Å²) in [5, 5.41) is 24.1. The van der Waals surface area contributed by atoms with Gasteiger partial charge in [-0.15, -0.1) is 11.8 Å². The summed E-state index contributed by atoms with van der Waals surface area (Å²) in [5.74, 6) is -3.06. The number of hydrogen-bond acceptors (Lipinski definition) is 9. The summed E-state index contributed by atoms with van der Waals surface area (Å²) in [6.07, 6.45) is 2.81. The Morgan fingerprint density at radius 1 is 1.16 bits per heavy atom. The van der Waals surface area contributed by atoms with Crippen LogP contribution in [0.1, 0.15) is 35.8 Å². The van der Waals surface area contributed by atoms with Crippen molar-refractivity contribution in [3.05, 3.63) is 59.9 Å². The number of carbonyl (C=O) groups excluding carboxylic acids is 3. The number of anilines is 1. The fourth-order valence-electron chi connectivity index (χ4n) is 4.78. The molecule has 3 aromatic rings. The number of hydrogen-bond donors (Lipinski definition) is 5. The lowest BCUT2D eigenvalue weighted by atomic mass is 9.95. The summed E-state index contributed by atoms with van der Waals surface area (Å²) in [5.41, 5.74) is 7.45. The minimum absolute atomic E-state index is 0.0103. The molecular weight excluding hydrogens is 512 g/mol. The van der Waals surface area contributed by atoms with Gasteiger partial charge in [-0.3, -0.25) is 24.4 Å². The Labute approximate surface area is 220 Å². The lowest BCUT2D eigenvalue weighted by Gasteiger charge is -2.44. The first-order valence-electron chi connectivity index (χ1n) is 11.6. The van der Waals surface area contributed by atoms with Gasteiger partial charge in [0.05, 0.1) is 16.8 Å². The predicted molar refractivity (Wildman–Crippen MR) is 138 cm³/mol. The molecule has 0 spiro atoms. The fraction of sp³-hybridized carbons (Fsp3) is 0.280. The van der Waals surface area contributed by atoms with Crippen LogP contribution in [0.25, 0.3) is 11.0 Å². The Morgan fingerprint density at radius 3 is 2.55 bits per heavy atom. The average Bonchev–Trinajstić information content (AvgIpc) is 3.14. The lowest BCUT2D eigenvalue weighted by Crippen LogP contribution is -2.71. The van der Waals surface area contributed by atoms with E-state index < -0.39 is 51.9 Å². The van der Waals surface area contributed by atoms with Crippen molar-refractivity contribution >= 4 is 52.2 Å². The van der Waals surface area contributed by atoms with Gasteiger partial charge in [0.25, 0.3) is 5.91 Å². The molecule has 1 aromatic carbocycles. The topological polar surface area (TPSA) is 188 Å². The second-order valence-corrected chi connectivity index (χ2v) is 11.3. The first-order valence-corrected chi connectivity index (χ1v) is 12.5. The van der Waals surface area contributed by atoms with Gasteiger partial charge in [0.1, 0.15) is 34.8 Å². The highest BCUT2D eigenvalue weighted by molar-refractivity contribution is 8.01. The zero-order valence-electron chi connectivity index (χ0n) is 20.3. The van der Waals surface area contributed by atoms with Crippen molar-refractivity contribution in [2.75, 3.05) is 5.73 Å². The van der Waals surface area contributed by atoms with E-state index in [1.165, 1.54) is 53.3 Å². The predicted octanol–water partition coefficient (Wildman–Crippen LogP) is 1.02. The Hall–Kier alpha value is -4.39. The second kappa shape index (κ2) is 9.17. The molecule has 6 N–H and O–H groups in total. The number of nitrogen functional groups attached to an aromatic ring is 1. The van der Waals surface area contributed by atoms with E-state index in [4.69, 9.17) is 5.73 Å². The highest BCUT2D eigenvalue weighted by Crippen LogP contribution is 2.50. The number of carbonyl (C=O) groups is 4. The Morgan fingerprint density at radius 2 is 1.87 bits per heavy atom. The normalized spacial score (nSPS) is 22.3. The number of phenolic OH excluding ortho intramolecular Hbond substituents is 1. The number of pyridine rings is 2. The van der Waals surface area contributed by atoms with Crippen LogP contribution in [0, 0.1) is 0 Å². The Bertz CT molecular complexity index is 1480. The van der Waals surface area contributed by atoms with Gasteiger partial charge in [0, 0.05) is 17.1 Å². The molecule has 2 fully saturated rings. The monoisotopic (exact) mass is 536 g/mol. The maximum Gasteiger partial charge on any atom is 0.327 e. The summed E-state index contributed by atoms with van der Waals surface area (Å²) >= 11 is 1.29. The maximum absolute atomic E-state index is 13.5. The molecule has 4 heterocycles. The van der Waals surface area contributed by atoms with E-state index in [2.05, 4.69) is 20.6 Å². The van der Waals surface area contributed by atoms with Crippen LogP contribution in [0.3, 0.4) is 0 Å². The van der Waals surface area contributed by atoms with Gasteiger partial charge >= 0.3 is 5.97 Å². The van der Waals surface area contributed by atoms with Crippen LogP contribution in [-0.2, 0) is 14.4 Å². The number of thioether (sulfide) groups is 1. The highest BCUT2D eigenvalue weighted by Gasteiger charge is 2.64. The van der Waals surface area contributed by atoms with Gasteiger partial charge < -0.3 is 31.5 Å². The van der Waals surface area contributed by atoms with Gasteiger partial charge in [0.2, 0.25) is 11.8 Å². The van der Waals surface area contributed by atoms with E-state index in [0.29, 0.717) is 16.6 Å². The molecule has 1 unspecified atom stereocenters. The molecule has 2 aliphatic rings. The molecule has 12 nitrogen and oxygen atoms in total. The molecule has 2 saturated heterocycles. The van der Waals surface area contributed by atoms with E-state index >= 15 is 0 Å². The summed E-state index contributed by atoms with van der Waals surface area (Å²) in [4.78, 5) is 61.0. The molecule has 13 heteroatoms. The summed E-state index contributed by atoms with van der Waals surface area (Å²) in [7, 11) is 0. The van der Waals surface area contributed by atoms with E-state index in [0.717, 1.165) is 0 Å². The first kappa shape index (κ1) is 25.3. The van der Waals surface area contributed by atoms with Crippen LogP contribution >= 0.6 is 11.8 Å². The number of aromatic nitrogens is 2. The van der Waals surface area contributed by atoms with Crippen molar-refractivity contribution in [2.45, 2.75) is 42.1 Å². The largest absolute Gasteiger partial charge is 0.508 e. The number of β-lactam (4-membered cyclic amide) rings is 1. The number of phenols is 1. The van der Waals surface area contributed by atoms with Crippen LogP contribution < -0.4 is 16.4 Å². The van der Waals surface area contributed by atoms with Crippen LogP contribution in [0.2, 0.25) is 0 Å². The SMILES string of the molecule is CC1(C)S[C@@H]2[C@H](NC(=O)C(NC(=O)c3cnc4cccnc4c3N)c3ccc(O)cc3)C(=O)N2[C@H]1C(=O)O. The quantitative estimate of drug-likeness (QED) is 0.285. The van der Waals surface area contributed by atoms with E-state index in [9.17, 15) is 29.4 Å². The van der Waals surface area contributed by atoms with Crippen molar-refractivity contribution in [3.63, 3.8) is 0 Å². The first-order chi connectivity index (χ1) is 18.0. The van der Waals surface area contributed by atoms with Crippen molar-refractivity contribution in [2.24, 2.45) is 0 Å². The van der Waals surface area contributed by atoms with Gasteiger partial charge in [-0.1, -0.05) is 12.1 Å². The van der Waals surface area contributed by atoms with Crippen LogP contribution in [0.15, 0.2) is 48.8 Å². The van der Waals surface area contributed by atoms with Crippen LogP contribution in [-0.4, -0.2) is 71.0 Å². The number of carboxylic acid groups (broad SMARTS) is 1. The Kier molecular flexibility index (Phi) is 6.10. The smallest absolute Gasteiger partial charge is 0.327 e. The molecule has 38 heavy (non-hydrogen) atoms. The molecule has 0 saturated carbocycles. The van der Waals surface area contributed by atoms with Crippen molar-refractivity contribution in [1.82, 2.24) is 25.5 Å². The molecule has 0 radical (unpaired) electrons. The molecule has 196 valence electrons. The van der Waals surface area contributed by atoms with E-state index in [-0.39, 0.29) is 17.0 Å². The zero-order valence-corrected chi connectivity index (χ0v) is 21.1. The summed E-state index contributed by atoms with van der Waals surface area (Å²) in [6, 6.07) is 5.78. The van der Waals surface area contributed by atoms with E-state index in [1.54, 1.807) is 26.0 Å². The van der Waals surface area contributed by atoms with Crippen molar-refractivity contribution in [3.8, 4) is 5.75 Å². The Balaban J connectivity index is 1.41. The summed E-state index contributed by atoms with van der Waals surface area (Å²) in [6.45, 7) is 3.47. The number of benzene rings is 1. The molecule has 5 rings (SSSR count). The minimum Gasteiger partial charge on any atom is -0.508 e. The number of rotatable bonds is 6. The van der Waals surface area contributed by atoms with Gasteiger partial charge in [0.15, 0.2) is 0 Å². The maximum atomic E-state index is 13.5. The molecule has 2 aliphatic heterocycles. The third-order valence-corrected chi connectivity index (χ3v) is 8.22. The number of nitrogens with zero attached hydrogens (tertiary/aromatic N) is 3. The number of aliphatic carboxylic acids is 1. The third-order valence-electron chi connectivity index (χ3n) is 6.65. The third kappa shape index (κ3) is 4.14. The lowest BCUT2D eigenvalue weighted by molar-refractivity contribution is -0.161. The molecule has 0 aliphatic carbocycles. The number of nitrogens with two attached hydrogens (primary N) is 1. The number of aromatic hydroxyl groups is 1. The fourth-order valence-corrected chi connectivity index (χ4v) is 6.40. The standard InChI is InChI=1S/C25H24N6O6S/c1-25(2)19(24(36)37)31-22(35)18(23(31)38-25)30-21(34)16(11-5-7-12(32)8-6-11)29-20(33)13-10-28-14-4-3-9-27-17(14)15(13)26/h3-10,16,18-19,23,32H,1-2H3,(H2,26,28)(H,29,33)(H,30,34)(H,36,37)/t16?,18-,19+,23-/m1/s1. The number of nitrogens with one attached hydrogen (secondary N) is 2. The number of amides is 3. The highest BCUT2D eigenvalue weighted by atomic mass is 32.2. The number of carboxylic acids is 1. The molecule has 2 aromatic heterocycles. The summed E-state index contributed by atoms with van der Waals surface area (Å²) < 4.78 is -0.759. The second-order valence-electron chi connectivity index (χ2n) is 9.54. The minimum atomic E-state index is -1.27.